The van der Waals surface area contributed by atoms with Crippen LogP contribution in [0.1, 0.15) is 194 Å². The van der Waals surface area contributed by atoms with Crippen LogP contribution in [0.5, 0.6) is 0 Å². The molecular weight excluding hydrogens is 493 g/mol. The van der Waals surface area contributed by atoms with Crippen LogP contribution in [-0.4, -0.2) is 30.0 Å². The van der Waals surface area contributed by atoms with Gasteiger partial charge in [0.1, 0.15) is 0 Å². The van der Waals surface area contributed by atoms with Gasteiger partial charge >= 0.3 is 51.4 Å². The van der Waals surface area contributed by atoms with Gasteiger partial charge in [-0.25, -0.2) is 0 Å². The molecule has 0 rings (SSSR count). The fourth-order valence-electron chi connectivity index (χ4n) is 5.72. The van der Waals surface area contributed by atoms with Gasteiger partial charge in [0.15, 0.2) is 0 Å². The summed E-state index contributed by atoms with van der Waals surface area (Å²) in [7, 11) is 0. The summed E-state index contributed by atoms with van der Waals surface area (Å²) in [5, 5.41) is 11.1. The number of carbonyl (C=O) groups is 1. The predicted octanol–water partition coefficient (Wildman–Crippen LogP) is 7.00. The zero-order valence-corrected chi connectivity index (χ0v) is 30.0. The molecule has 1 unspecified atom stereocenters. The molecule has 0 spiro atoms. The molecular formula is C34H68KNO2. The normalized spacial score (nSPS) is 12.1. The predicted molar refractivity (Wildman–Crippen MR) is 162 cm³/mol. The van der Waals surface area contributed by atoms with Crippen molar-refractivity contribution in [2.75, 3.05) is 13.1 Å². The molecule has 1 atom stereocenters. The minimum Gasteiger partial charge on any atom is -0.550 e. The van der Waals surface area contributed by atoms with Crippen LogP contribution in [0.25, 0.3) is 0 Å². The van der Waals surface area contributed by atoms with E-state index in [0.29, 0.717) is 6.04 Å². The topological polar surface area (TPSA) is 43.4 Å². The van der Waals surface area contributed by atoms with Crippen molar-refractivity contribution in [1.29, 1.82) is 0 Å². The molecule has 0 saturated heterocycles. The minimum absolute atomic E-state index is 0. The van der Waals surface area contributed by atoms with Crippen molar-refractivity contribution in [2.45, 2.75) is 200 Å². The van der Waals surface area contributed by atoms with Gasteiger partial charge in [-0.2, -0.15) is 0 Å². The summed E-state index contributed by atoms with van der Waals surface area (Å²) in [6.45, 7) is 9.07. The van der Waals surface area contributed by atoms with Crippen LogP contribution >= 0.6 is 0 Å². The van der Waals surface area contributed by atoms with Crippen LogP contribution in [-0.2, 0) is 4.79 Å². The second-order valence-electron chi connectivity index (χ2n) is 11.8. The van der Waals surface area contributed by atoms with E-state index in [0.717, 1.165) is 25.9 Å². The number of hydrogen-bond donors (Lipinski definition) is 0. The van der Waals surface area contributed by atoms with Crippen LogP contribution < -0.4 is 56.5 Å². The summed E-state index contributed by atoms with van der Waals surface area (Å²) in [5.41, 5.74) is 0. The van der Waals surface area contributed by atoms with Gasteiger partial charge in [-0.05, 0) is 45.2 Å². The second kappa shape index (κ2) is 34.3. The Labute approximate surface area is 282 Å². The number of carboxylic acid groups (broad SMARTS) is 1. The number of aliphatic carboxylic acids is 1. The average Bonchev–Trinajstić information content (AvgIpc) is 2.89. The third-order valence-corrected chi connectivity index (χ3v) is 8.27. The Kier molecular flexibility index (Phi) is 37.2. The van der Waals surface area contributed by atoms with Crippen LogP contribution in [0.15, 0.2) is 0 Å². The molecule has 0 N–H and O–H groups in total. The Morgan fingerprint density at radius 2 is 0.816 bits per heavy atom. The number of unbranched alkanes of at least 4 members (excludes halogenated alkanes) is 22. The maximum atomic E-state index is 11.1. The smallest absolute Gasteiger partial charge is 0.550 e. The van der Waals surface area contributed by atoms with E-state index in [2.05, 4.69) is 25.7 Å². The zero-order valence-electron chi connectivity index (χ0n) is 26.8. The maximum Gasteiger partial charge on any atom is 1.00 e. The number of nitrogens with zero attached hydrogens (tertiary/aromatic N) is 1. The Morgan fingerprint density at radius 1 is 0.526 bits per heavy atom. The molecule has 0 fully saturated rings. The molecule has 0 saturated carbocycles. The first-order valence-corrected chi connectivity index (χ1v) is 17.1. The standard InChI is InChI=1S/C34H69NO2.K/c1-4-7-9-11-13-15-17-19-21-23-25-27-31-35(33(6-3)29-30-34(36)37)32-28-26-24-22-20-18-16-14-12-10-8-5-2;/h33H,4-32H2,1-3H3,(H,36,37);/q;+1/p-1. The monoisotopic (exact) mass is 561 g/mol. The number of carboxylic acids is 1. The van der Waals surface area contributed by atoms with Gasteiger partial charge in [0, 0.05) is 12.0 Å². The van der Waals surface area contributed by atoms with E-state index in [1.54, 1.807) is 0 Å². The van der Waals surface area contributed by atoms with Crippen molar-refractivity contribution in [3.05, 3.63) is 0 Å². The van der Waals surface area contributed by atoms with Crippen molar-refractivity contribution >= 4 is 5.97 Å². The summed E-state index contributed by atoms with van der Waals surface area (Å²) in [6, 6.07) is 0.401. The summed E-state index contributed by atoms with van der Waals surface area (Å²) in [6.07, 6.45) is 35.2. The first-order valence-electron chi connectivity index (χ1n) is 17.1. The molecule has 0 radical (unpaired) electrons. The minimum atomic E-state index is -0.894. The van der Waals surface area contributed by atoms with Crippen molar-refractivity contribution in [1.82, 2.24) is 4.90 Å². The van der Waals surface area contributed by atoms with Crippen LogP contribution in [0.4, 0.5) is 0 Å². The van der Waals surface area contributed by atoms with E-state index in [1.807, 2.05) is 0 Å². The van der Waals surface area contributed by atoms with Crippen molar-refractivity contribution in [2.24, 2.45) is 0 Å². The molecule has 0 bridgehead atoms. The quantitative estimate of drug-likeness (QED) is 0.0676. The van der Waals surface area contributed by atoms with Gasteiger partial charge in [0.2, 0.25) is 0 Å². The van der Waals surface area contributed by atoms with E-state index in [4.69, 9.17) is 0 Å². The molecule has 4 heteroatoms. The SMILES string of the molecule is CCCCCCCCCCCCCCN(CCCCCCCCCCCCCC)C(CC)CCC(=O)[O-].[K+]. The average molecular weight is 562 g/mol. The van der Waals surface area contributed by atoms with Gasteiger partial charge in [0.25, 0.3) is 0 Å². The molecule has 0 aliphatic rings. The first kappa shape index (κ1) is 41.2. The van der Waals surface area contributed by atoms with Gasteiger partial charge < -0.3 is 14.8 Å². The summed E-state index contributed by atoms with van der Waals surface area (Å²) >= 11 is 0. The van der Waals surface area contributed by atoms with E-state index in [9.17, 15) is 9.90 Å². The molecule has 3 nitrogen and oxygen atoms in total. The third-order valence-electron chi connectivity index (χ3n) is 8.27. The van der Waals surface area contributed by atoms with Gasteiger partial charge in [-0.1, -0.05) is 162 Å². The maximum absolute atomic E-state index is 11.1. The van der Waals surface area contributed by atoms with Crippen LogP contribution in [0.2, 0.25) is 0 Å². The summed E-state index contributed by atoms with van der Waals surface area (Å²) in [5.74, 6) is -0.894. The Balaban J connectivity index is 0. The van der Waals surface area contributed by atoms with E-state index in [1.165, 1.54) is 154 Å². The van der Waals surface area contributed by atoms with E-state index < -0.39 is 5.97 Å². The largest absolute Gasteiger partial charge is 1.00 e. The second-order valence-corrected chi connectivity index (χ2v) is 11.8. The van der Waals surface area contributed by atoms with Crippen molar-refractivity contribution in [3.8, 4) is 0 Å². The summed E-state index contributed by atoms with van der Waals surface area (Å²) in [4.78, 5) is 13.7. The number of hydrogen-bond acceptors (Lipinski definition) is 3. The molecule has 0 aliphatic carbocycles. The van der Waals surface area contributed by atoms with Gasteiger partial charge in [-0.3, -0.25) is 0 Å². The van der Waals surface area contributed by atoms with Crippen LogP contribution in [0.3, 0.4) is 0 Å². The molecule has 0 aromatic rings. The fraction of sp³-hybridized carbons (Fsp3) is 0.971. The number of rotatable bonds is 31. The van der Waals surface area contributed by atoms with Gasteiger partial charge in [0.05, 0.1) is 0 Å². The molecule has 0 aliphatic heterocycles. The third kappa shape index (κ3) is 30.0. The number of carbonyl (C=O) groups excluding carboxylic acids is 1. The molecule has 0 amide bonds. The summed E-state index contributed by atoms with van der Waals surface area (Å²) < 4.78 is 0. The molecule has 38 heavy (non-hydrogen) atoms. The Morgan fingerprint density at radius 3 is 1.08 bits per heavy atom. The molecule has 0 heterocycles. The van der Waals surface area contributed by atoms with Crippen molar-refractivity contribution < 1.29 is 61.3 Å². The van der Waals surface area contributed by atoms with Crippen molar-refractivity contribution in [3.63, 3.8) is 0 Å². The fourth-order valence-corrected chi connectivity index (χ4v) is 5.72. The first-order chi connectivity index (χ1) is 18.2. The molecule has 222 valence electrons. The zero-order chi connectivity index (χ0) is 27.2. The van der Waals surface area contributed by atoms with E-state index >= 15 is 0 Å². The molecule has 0 aromatic heterocycles. The Bertz CT molecular complexity index is 432. The van der Waals surface area contributed by atoms with Gasteiger partial charge in [-0.15, -0.1) is 0 Å². The molecule has 0 aromatic carbocycles. The van der Waals surface area contributed by atoms with E-state index in [-0.39, 0.29) is 57.8 Å². The van der Waals surface area contributed by atoms with Crippen LogP contribution in [0, 0.1) is 0 Å². The Hall–Kier alpha value is 1.07.